The molecule has 9 heteroatoms. The van der Waals surface area contributed by atoms with Crippen molar-refractivity contribution >= 4 is 12.0 Å². The van der Waals surface area contributed by atoms with Crippen molar-refractivity contribution in [2.24, 2.45) is 5.92 Å². The van der Waals surface area contributed by atoms with Gasteiger partial charge >= 0.3 is 12.0 Å². The molecular formula is C29H39N3O6. The summed E-state index contributed by atoms with van der Waals surface area (Å²) in [7, 11) is 1.61. The number of methoxy groups -OCH3 is 1. The quantitative estimate of drug-likeness (QED) is 0.464. The van der Waals surface area contributed by atoms with E-state index < -0.39 is 11.9 Å². The van der Waals surface area contributed by atoms with E-state index in [0.717, 1.165) is 23.3 Å². The molecule has 2 aromatic carbocycles. The fourth-order valence-electron chi connectivity index (χ4n) is 5.66. The minimum Gasteiger partial charge on any atom is -0.497 e. The lowest BCUT2D eigenvalue weighted by atomic mass is 9.82. The number of carbonyl (C=O) groups is 2. The zero-order valence-electron chi connectivity index (χ0n) is 22.8. The number of hydrogen-bond donors (Lipinski definition) is 1. The summed E-state index contributed by atoms with van der Waals surface area (Å²) < 4.78 is 16.4. The van der Waals surface area contributed by atoms with Gasteiger partial charge in [0.2, 0.25) is 6.79 Å². The Morgan fingerprint density at radius 3 is 2.29 bits per heavy atom. The van der Waals surface area contributed by atoms with Crippen LogP contribution in [0.1, 0.15) is 50.3 Å². The van der Waals surface area contributed by atoms with Gasteiger partial charge in [-0.05, 0) is 55.7 Å². The third-order valence-corrected chi connectivity index (χ3v) is 7.62. The van der Waals surface area contributed by atoms with Gasteiger partial charge in [0.25, 0.3) is 0 Å². The van der Waals surface area contributed by atoms with Gasteiger partial charge in [-0.15, -0.1) is 0 Å². The van der Waals surface area contributed by atoms with Crippen LogP contribution in [0.25, 0.3) is 0 Å². The van der Waals surface area contributed by atoms with Gasteiger partial charge in [-0.3, -0.25) is 9.69 Å². The van der Waals surface area contributed by atoms with Crippen LogP contribution in [0.15, 0.2) is 42.5 Å². The van der Waals surface area contributed by atoms with Crippen molar-refractivity contribution in [3.8, 4) is 17.2 Å². The Hall–Kier alpha value is -3.46. The van der Waals surface area contributed by atoms with Crippen LogP contribution >= 0.6 is 0 Å². The first kappa shape index (κ1) is 27.6. The Morgan fingerprint density at radius 2 is 1.66 bits per heavy atom. The van der Waals surface area contributed by atoms with Gasteiger partial charge in [0.1, 0.15) is 5.75 Å². The van der Waals surface area contributed by atoms with Crippen LogP contribution in [0.5, 0.6) is 17.2 Å². The number of benzene rings is 2. The summed E-state index contributed by atoms with van der Waals surface area (Å²) in [6, 6.07) is 13.0. The summed E-state index contributed by atoms with van der Waals surface area (Å²) >= 11 is 0. The second kappa shape index (κ2) is 12.4. The van der Waals surface area contributed by atoms with Gasteiger partial charge in [0.15, 0.2) is 11.5 Å². The molecule has 1 fully saturated rings. The number of carbonyl (C=O) groups excluding carboxylic acids is 1. The molecule has 38 heavy (non-hydrogen) atoms. The minimum absolute atomic E-state index is 0.0270. The second-order valence-electron chi connectivity index (χ2n) is 9.74. The highest BCUT2D eigenvalue weighted by molar-refractivity contribution is 5.75. The van der Waals surface area contributed by atoms with Crippen LogP contribution < -0.4 is 14.2 Å². The van der Waals surface area contributed by atoms with Crippen molar-refractivity contribution in [1.29, 1.82) is 0 Å². The van der Waals surface area contributed by atoms with Gasteiger partial charge in [0.05, 0.1) is 13.0 Å². The van der Waals surface area contributed by atoms with Crippen LogP contribution in [-0.4, -0.2) is 85.0 Å². The van der Waals surface area contributed by atoms with Crippen molar-refractivity contribution in [2.75, 3.05) is 53.2 Å². The van der Waals surface area contributed by atoms with E-state index in [0.29, 0.717) is 50.8 Å². The number of urea groups is 1. The van der Waals surface area contributed by atoms with E-state index in [-0.39, 0.29) is 24.8 Å². The van der Waals surface area contributed by atoms with Crippen LogP contribution in [0.4, 0.5) is 4.79 Å². The summed E-state index contributed by atoms with van der Waals surface area (Å²) in [5, 5.41) is 10.5. The normalized spacial score (nSPS) is 20.4. The molecule has 0 saturated carbocycles. The first-order valence-corrected chi connectivity index (χ1v) is 13.5. The molecule has 0 aromatic heterocycles. The first-order chi connectivity index (χ1) is 18.4. The Labute approximate surface area is 224 Å². The van der Waals surface area contributed by atoms with E-state index in [9.17, 15) is 14.7 Å². The summed E-state index contributed by atoms with van der Waals surface area (Å²) in [4.78, 5) is 31.9. The molecule has 2 amide bonds. The van der Waals surface area contributed by atoms with Gasteiger partial charge in [-0.25, -0.2) is 4.79 Å². The third kappa shape index (κ3) is 5.67. The summed E-state index contributed by atoms with van der Waals surface area (Å²) in [6.07, 6.45) is 0.854. The van der Waals surface area contributed by atoms with Crippen molar-refractivity contribution in [1.82, 2.24) is 14.7 Å². The van der Waals surface area contributed by atoms with E-state index in [1.54, 1.807) is 7.11 Å². The molecule has 1 N–H and O–H groups in total. The highest BCUT2D eigenvalue weighted by Crippen LogP contribution is 2.47. The molecule has 2 heterocycles. The SMILES string of the molecule is CCCN(CCN1C[C@H](c2ccc3c(c2)OCO3)[C@H](C(=O)O)[C@H]1c1ccc(OC)cc1)C(=O)N(CC)CC. The molecule has 3 atom stereocenters. The number of amides is 2. The lowest BCUT2D eigenvalue weighted by molar-refractivity contribution is -0.143. The van der Waals surface area contributed by atoms with Crippen molar-refractivity contribution in [2.45, 2.75) is 39.2 Å². The topological polar surface area (TPSA) is 91.8 Å². The molecule has 0 unspecified atom stereocenters. The van der Waals surface area contributed by atoms with Crippen molar-refractivity contribution in [3.05, 3.63) is 53.6 Å². The molecule has 0 radical (unpaired) electrons. The molecule has 2 aromatic rings. The molecule has 2 aliphatic rings. The lowest BCUT2D eigenvalue weighted by Crippen LogP contribution is -2.46. The Kier molecular flexibility index (Phi) is 8.99. The molecule has 0 bridgehead atoms. The van der Waals surface area contributed by atoms with Crippen LogP contribution in [0.3, 0.4) is 0 Å². The zero-order chi connectivity index (χ0) is 27.2. The fourth-order valence-corrected chi connectivity index (χ4v) is 5.66. The maximum absolute atomic E-state index is 13.2. The summed E-state index contributed by atoms with van der Waals surface area (Å²) in [5.74, 6) is 0.253. The monoisotopic (exact) mass is 525 g/mol. The molecule has 9 nitrogen and oxygen atoms in total. The van der Waals surface area contributed by atoms with E-state index in [1.165, 1.54) is 0 Å². The Balaban J connectivity index is 1.66. The van der Waals surface area contributed by atoms with Crippen molar-refractivity contribution in [3.63, 3.8) is 0 Å². The number of hydrogen-bond acceptors (Lipinski definition) is 6. The van der Waals surface area contributed by atoms with Crippen LogP contribution in [-0.2, 0) is 4.79 Å². The minimum atomic E-state index is -0.847. The standard InChI is InChI=1S/C29H39N3O6/c1-5-14-31(29(35)30(6-2)7-3)15-16-32-18-23(21-10-13-24-25(17-21)38-19-37-24)26(28(33)34)27(32)20-8-11-22(36-4)12-9-20/h8-13,17,23,26-27H,5-7,14-16,18-19H2,1-4H3,(H,33,34)/t23-,26+,27-/m1/s1. The number of ether oxygens (including phenoxy) is 3. The van der Waals surface area contributed by atoms with E-state index in [1.807, 2.05) is 66.1 Å². The number of carboxylic acids is 1. The molecular weight excluding hydrogens is 486 g/mol. The molecule has 4 rings (SSSR count). The molecule has 206 valence electrons. The highest BCUT2D eigenvalue weighted by atomic mass is 16.7. The second-order valence-corrected chi connectivity index (χ2v) is 9.74. The zero-order valence-corrected chi connectivity index (χ0v) is 22.8. The van der Waals surface area contributed by atoms with E-state index in [4.69, 9.17) is 14.2 Å². The van der Waals surface area contributed by atoms with E-state index in [2.05, 4.69) is 11.8 Å². The lowest BCUT2D eigenvalue weighted by Gasteiger charge is -2.32. The number of rotatable bonds is 11. The molecule has 0 spiro atoms. The maximum Gasteiger partial charge on any atom is 0.320 e. The summed E-state index contributed by atoms with van der Waals surface area (Å²) in [6.45, 7) is 9.80. The average molecular weight is 526 g/mol. The molecule has 2 aliphatic heterocycles. The van der Waals surface area contributed by atoms with Crippen LogP contribution in [0, 0.1) is 5.92 Å². The maximum atomic E-state index is 13.2. The highest BCUT2D eigenvalue weighted by Gasteiger charge is 2.47. The van der Waals surface area contributed by atoms with Gasteiger partial charge in [-0.2, -0.15) is 0 Å². The number of carboxylic acid groups (broad SMARTS) is 1. The number of nitrogens with zero attached hydrogens (tertiary/aromatic N) is 3. The Morgan fingerprint density at radius 1 is 0.974 bits per heavy atom. The average Bonchev–Trinajstić information content (AvgIpc) is 3.56. The largest absolute Gasteiger partial charge is 0.497 e. The predicted molar refractivity (Wildman–Crippen MR) is 144 cm³/mol. The molecule has 1 saturated heterocycles. The van der Waals surface area contributed by atoms with Crippen molar-refractivity contribution < 1.29 is 28.9 Å². The third-order valence-electron chi connectivity index (χ3n) is 7.62. The van der Waals surface area contributed by atoms with Gasteiger partial charge in [-0.1, -0.05) is 25.1 Å². The van der Waals surface area contributed by atoms with Gasteiger partial charge in [0, 0.05) is 51.2 Å². The van der Waals surface area contributed by atoms with Crippen LogP contribution in [0.2, 0.25) is 0 Å². The molecule has 0 aliphatic carbocycles. The first-order valence-electron chi connectivity index (χ1n) is 13.5. The number of likely N-dealkylation sites (tertiary alicyclic amines) is 1. The van der Waals surface area contributed by atoms with E-state index >= 15 is 0 Å². The fraction of sp³-hybridized carbons (Fsp3) is 0.517. The smallest absolute Gasteiger partial charge is 0.320 e. The predicted octanol–water partition coefficient (Wildman–Crippen LogP) is 4.44. The van der Waals surface area contributed by atoms with Gasteiger partial charge < -0.3 is 29.1 Å². The summed E-state index contributed by atoms with van der Waals surface area (Å²) in [5.41, 5.74) is 1.82. The Bertz CT molecular complexity index is 1100. The number of fused-ring (bicyclic) bond motifs is 1. The number of aliphatic carboxylic acids is 1.